The van der Waals surface area contributed by atoms with Gasteiger partial charge in [-0.3, -0.25) is 4.79 Å². The Bertz CT molecular complexity index is 239. The Kier molecular flexibility index (Phi) is 3.73. The van der Waals surface area contributed by atoms with Crippen molar-refractivity contribution in [2.75, 3.05) is 33.8 Å². The summed E-state index contributed by atoms with van der Waals surface area (Å²) in [5, 5.41) is 9.02. The fraction of sp³-hybridized carbons (Fsp3) is 0.909. The number of likely N-dealkylation sites (N-methyl/N-ethyl adjacent to an activating group) is 1. The van der Waals surface area contributed by atoms with Crippen molar-refractivity contribution >= 4 is 5.91 Å². The minimum absolute atomic E-state index is 0.0139. The van der Waals surface area contributed by atoms with Crippen LogP contribution >= 0.6 is 0 Å². The molecule has 0 saturated carbocycles. The van der Waals surface area contributed by atoms with Crippen LogP contribution in [0, 0.1) is 5.92 Å². The molecule has 1 heterocycles. The van der Waals surface area contributed by atoms with Gasteiger partial charge in [-0.1, -0.05) is 0 Å². The van der Waals surface area contributed by atoms with E-state index in [9.17, 15) is 4.79 Å². The van der Waals surface area contributed by atoms with Gasteiger partial charge in [-0.25, -0.2) is 0 Å². The van der Waals surface area contributed by atoms with Crippen molar-refractivity contribution in [3.63, 3.8) is 0 Å². The van der Waals surface area contributed by atoms with Crippen molar-refractivity contribution in [2.45, 2.75) is 25.8 Å². The maximum Gasteiger partial charge on any atom is 0.223 e. The quantitative estimate of drug-likeness (QED) is 0.725. The average Bonchev–Trinajstić information content (AvgIpc) is 2.46. The molecule has 0 aromatic carbocycles. The molecule has 0 bridgehead atoms. The minimum atomic E-state index is -0.0139. The van der Waals surface area contributed by atoms with E-state index in [0.29, 0.717) is 13.0 Å². The number of likely N-dealkylation sites (tertiary alicyclic amines) is 1. The summed E-state index contributed by atoms with van der Waals surface area (Å²) in [5.41, 5.74) is -0.0139. The Morgan fingerprint density at radius 3 is 2.53 bits per heavy atom. The molecule has 0 radical (unpaired) electrons. The van der Waals surface area contributed by atoms with E-state index in [4.69, 9.17) is 5.11 Å². The van der Waals surface area contributed by atoms with Crippen LogP contribution in [0.2, 0.25) is 0 Å². The lowest BCUT2D eigenvalue weighted by molar-refractivity contribution is -0.129. The number of hydrogen-bond donors (Lipinski definition) is 1. The Morgan fingerprint density at radius 2 is 2.13 bits per heavy atom. The molecule has 0 aromatic heterocycles. The molecule has 0 aliphatic carbocycles. The number of carbonyl (C=O) groups excluding carboxylic acids is 1. The molecule has 88 valence electrons. The highest BCUT2D eigenvalue weighted by atomic mass is 16.3. The van der Waals surface area contributed by atoms with Gasteiger partial charge in [0.1, 0.15) is 0 Å². The zero-order chi connectivity index (χ0) is 11.6. The number of amides is 1. The lowest BCUT2D eigenvalue weighted by atomic mass is 10.0. The van der Waals surface area contributed by atoms with Crippen LogP contribution < -0.4 is 0 Å². The van der Waals surface area contributed by atoms with Gasteiger partial charge in [0.05, 0.1) is 0 Å². The van der Waals surface area contributed by atoms with Gasteiger partial charge in [0.15, 0.2) is 0 Å². The van der Waals surface area contributed by atoms with Crippen LogP contribution in [0.4, 0.5) is 0 Å². The number of nitrogens with zero attached hydrogens (tertiary/aromatic N) is 2. The Labute approximate surface area is 91.9 Å². The number of aliphatic hydroxyl groups excluding tert-OH is 1. The van der Waals surface area contributed by atoms with Gasteiger partial charge in [0, 0.05) is 37.6 Å². The van der Waals surface area contributed by atoms with Crippen LogP contribution in [-0.2, 0) is 4.79 Å². The molecule has 4 nitrogen and oxygen atoms in total. The Hall–Kier alpha value is -0.610. The Morgan fingerprint density at radius 1 is 1.53 bits per heavy atom. The second-order valence-corrected chi connectivity index (χ2v) is 5.23. The molecule has 0 aromatic rings. The van der Waals surface area contributed by atoms with Crippen LogP contribution in [0.15, 0.2) is 0 Å². The monoisotopic (exact) mass is 214 g/mol. The van der Waals surface area contributed by atoms with Crippen LogP contribution in [0.3, 0.4) is 0 Å². The van der Waals surface area contributed by atoms with E-state index in [0.717, 1.165) is 6.54 Å². The maximum absolute atomic E-state index is 11.6. The molecule has 1 rings (SSSR count). The predicted molar refractivity (Wildman–Crippen MR) is 59.5 cm³/mol. The molecule has 1 fully saturated rings. The summed E-state index contributed by atoms with van der Waals surface area (Å²) in [6.07, 6.45) is 0.500. The summed E-state index contributed by atoms with van der Waals surface area (Å²) in [5.74, 6) is 0.305. The second kappa shape index (κ2) is 4.49. The third-order valence-electron chi connectivity index (χ3n) is 3.34. The molecule has 1 atom stereocenters. The smallest absolute Gasteiger partial charge is 0.223 e. The third-order valence-corrected chi connectivity index (χ3v) is 3.34. The lowest BCUT2D eigenvalue weighted by Crippen LogP contribution is -2.48. The maximum atomic E-state index is 11.6. The summed E-state index contributed by atoms with van der Waals surface area (Å²) < 4.78 is 0. The van der Waals surface area contributed by atoms with Crippen molar-refractivity contribution in [3.05, 3.63) is 0 Å². The second-order valence-electron chi connectivity index (χ2n) is 5.23. The SMILES string of the molecule is CN(C)C(C)(C)CN1CC(CO)CC1=O. The highest BCUT2D eigenvalue weighted by Gasteiger charge is 2.33. The fourth-order valence-corrected chi connectivity index (χ4v) is 1.74. The largest absolute Gasteiger partial charge is 0.396 e. The van der Waals surface area contributed by atoms with E-state index < -0.39 is 0 Å². The van der Waals surface area contributed by atoms with E-state index in [1.54, 1.807) is 0 Å². The first-order valence-electron chi connectivity index (χ1n) is 5.43. The predicted octanol–water partition coefficient (Wildman–Crippen LogP) is 0.167. The van der Waals surface area contributed by atoms with Gasteiger partial charge >= 0.3 is 0 Å². The first kappa shape index (κ1) is 12.5. The normalized spacial score (nSPS) is 22.9. The van der Waals surface area contributed by atoms with E-state index in [-0.39, 0.29) is 24.0 Å². The standard InChI is InChI=1S/C11H22N2O2/c1-11(2,12(3)4)8-13-6-9(7-14)5-10(13)15/h9,14H,5-8H2,1-4H3. The van der Waals surface area contributed by atoms with E-state index >= 15 is 0 Å². The Balaban J connectivity index is 2.56. The molecular weight excluding hydrogens is 192 g/mol. The van der Waals surface area contributed by atoms with Crippen LogP contribution in [-0.4, -0.2) is 60.1 Å². The van der Waals surface area contributed by atoms with Gasteiger partial charge in [0.25, 0.3) is 0 Å². The molecule has 1 aliphatic rings. The van der Waals surface area contributed by atoms with Crippen molar-refractivity contribution in [1.29, 1.82) is 0 Å². The van der Waals surface area contributed by atoms with Crippen molar-refractivity contribution in [1.82, 2.24) is 9.80 Å². The lowest BCUT2D eigenvalue weighted by Gasteiger charge is -2.36. The zero-order valence-corrected chi connectivity index (χ0v) is 10.2. The highest BCUT2D eigenvalue weighted by Crippen LogP contribution is 2.21. The van der Waals surface area contributed by atoms with Gasteiger partial charge in [0.2, 0.25) is 5.91 Å². The molecule has 0 spiro atoms. The molecule has 1 N–H and O–H groups in total. The molecule has 1 amide bonds. The number of hydrogen-bond acceptors (Lipinski definition) is 3. The topological polar surface area (TPSA) is 43.8 Å². The molecule has 1 unspecified atom stereocenters. The fourth-order valence-electron chi connectivity index (χ4n) is 1.74. The van der Waals surface area contributed by atoms with E-state index in [1.165, 1.54) is 0 Å². The van der Waals surface area contributed by atoms with Gasteiger partial charge < -0.3 is 14.9 Å². The molecular formula is C11H22N2O2. The van der Waals surface area contributed by atoms with Gasteiger partial charge in [-0.2, -0.15) is 0 Å². The van der Waals surface area contributed by atoms with E-state index in [1.807, 2.05) is 19.0 Å². The van der Waals surface area contributed by atoms with Crippen molar-refractivity contribution in [3.8, 4) is 0 Å². The summed E-state index contributed by atoms with van der Waals surface area (Å²) in [4.78, 5) is 15.6. The average molecular weight is 214 g/mol. The summed E-state index contributed by atoms with van der Waals surface area (Å²) in [6.45, 7) is 5.78. The van der Waals surface area contributed by atoms with Crippen LogP contribution in [0.5, 0.6) is 0 Å². The molecule has 15 heavy (non-hydrogen) atoms. The number of aliphatic hydroxyl groups is 1. The molecule has 1 aliphatic heterocycles. The van der Waals surface area contributed by atoms with E-state index in [2.05, 4.69) is 18.7 Å². The summed E-state index contributed by atoms with van der Waals surface area (Å²) in [6, 6.07) is 0. The van der Waals surface area contributed by atoms with Gasteiger partial charge in [-0.15, -0.1) is 0 Å². The summed E-state index contributed by atoms with van der Waals surface area (Å²) >= 11 is 0. The number of rotatable bonds is 4. The first-order chi connectivity index (χ1) is 6.86. The minimum Gasteiger partial charge on any atom is -0.396 e. The molecule has 4 heteroatoms. The zero-order valence-electron chi connectivity index (χ0n) is 10.2. The van der Waals surface area contributed by atoms with Crippen LogP contribution in [0.1, 0.15) is 20.3 Å². The summed E-state index contributed by atoms with van der Waals surface area (Å²) in [7, 11) is 4.04. The molecule has 1 saturated heterocycles. The van der Waals surface area contributed by atoms with Crippen molar-refractivity contribution < 1.29 is 9.90 Å². The van der Waals surface area contributed by atoms with Crippen LogP contribution in [0.25, 0.3) is 0 Å². The number of carbonyl (C=O) groups is 1. The first-order valence-corrected chi connectivity index (χ1v) is 5.43. The highest BCUT2D eigenvalue weighted by molar-refractivity contribution is 5.78. The third kappa shape index (κ3) is 2.92. The van der Waals surface area contributed by atoms with Gasteiger partial charge in [-0.05, 0) is 27.9 Å². The van der Waals surface area contributed by atoms with Crippen molar-refractivity contribution in [2.24, 2.45) is 5.92 Å².